The van der Waals surface area contributed by atoms with Crippen molar-refractivity contribution in [3.63, 3.8) is 0 Å². The summed E-state index contributed by atoms with van der Waals surface area (Å²) in [5.41, 5.74) is 6.77. The van der Waals surface area contributed by atoms with E-state index in [4.69, 9.17) is 15.2 Å². The van der Waals surface area contributed by atoms with Gasteiger partial charge < -0.3 is 20.1 Å². The first-order valence-electron chi connectivity index (χ1n) is 6.16. The van der Waals surface area contributed by atoms with E-state index >= 15 is 0 Å². The van der Waals surface area contributed by atoms with Gasteiger partial charge >= 0.3 is 0 Å². The summed E-state index contributed by atoms with van der Waals surface area (Å²) in [5, 5.41) is 0. The minimum absolute atomic E-state index is 0.291. The number of rotatable bonds is 5. The zero-order valence-corrected chi connectivity index (χ0v) is 11.8. The lowest BCUT2D eigenvalue weighted by atomic mass is 10.3. The van der Waals surface area contributed by atoms with E-state index in [2.05, 4.69) is 9.97 Å². The Morgan fingerprint density at radius 3 is 2.70 bits per heavy atom. The van der Waals surface area contributed by atoms with Gasteiger partial charge in [0.2, 0.25) is 5.88 Å². The fraction of sp³-hybridized carbons (Fsp3) is 0.286. The molecule has 2 rings (SSSR count). The molecular formula is C14H18N4O2. The summed E-state index contributed by atoms with van der Waals surface area (Å²) in [6.07, 6.45) is 0. The Morgan fingerprint density at radius 1 is 1.20 bits per heavy atom. The third-order valence-corrected chi connectivity index (χ3v) is 2.60. The monoisotopic (exact) mass is 274 g/mol. The van der Waals surface area contributed by atoms with Crippen molar-refractivity contribution in [3.05, 3.63) is 36.2 Å². The fourth-order valence-corrected chi connectivity index (χ4v) is 1.68. The predicted octanol–water partition coefficient (Wildman–Crippen LogP) is 2.06. The lowest BCUT2D eigenvalue weighted by Crippen LogP contribution is -2.08. The van der Waals surface area contributed by atoms with Gasteiger partial charge in [-0.2, -0.15) is 4.98 Å². The van der Waals surface area contributed by atoms with Crippen LogP contribution in [0.5, 0.6) is 11.6 Å². The smallest absolute Gasteiger partial charge is 0.224 e. The lowest BCUT2D eigenvalue weighted by Gasteiger charge is -2.14. The first-order valence-corrected chi connectivity index (χ1v) is 6.16. The van der Waals surface area contributed by atoms with Crippen molar-refractivity contribution in [1.29, 1.82) is 0 Å². The summed E-state index contributed by atoms with van der Waals surface area (Å²) in [4.78, 5) is 10.3. The third kappa shape index (κ3) is 3.58. The highest BCUT2D eigenvalue weighted by Crippen LogP contribution is 2.24. The number of ether oxygens (including phenoxy) is 2. The van der Waals surface area contributed by atoms with Crippen molar-refractivity contribution < 1.29 is 9.47 Å². The van der Waals surface area contributed by atoms with Crippen LogP contribution >= 0.6 is 0 Å². The number of anilines is 2. The Balaban J connectivity index is 2.23. The molecule has 0 aliphatic carbocycles. The molecule has 0 bridgehead atoms. The van der Waals surface area contributed by atoms with Crippen molar-refractivity contribution in [2.24, 2.45) is 0 Å². The third-order valence-electron chi connectivity index (χ3n) is 2.60. The number of nitrogens with two attached hydrogens (primary N) is 1. The largest absolute Gasteiger partial charge is 0.439 e. The van der Waals surface area contributed by atoms with Crippen LogP contribution in [0.4, 0.5) is 11.5 Å². The Hall–Kier alpha value is -2.34. The number of nitrogen functional groups attached to an aromatic ring is 1. The highest BCUT2D eigenvalue weighted by molar-refractivity contribution is 5.50. The number of benzene rings is 1. The molecule has 0 radical (unpaired) electrons. The number of nitrogens with zero attached hydrogens (tertiary/aromatic N) is 3. The molecule has 0 amide bonds. The van der Waals surface area contributed by atoms with E-state index in [-0.39, 0.29) is 0 Å². The SMILES string of the molecule is COCc1nc(N)cc(Oc2cccc(N(C)C)c2)n1. The van der Waals surface area contributed by atoms with E-state index in [0.717, 1.165) is 5.69 Å². The summed E-state index contributed by atoms with van der Waals surface area (Å²) < 4.78 is 10.7. The lowest BCUT2D eigenvalue weighted by molar-refractivity contribution is 0.177. The maximum Gasteiger partial charge on any atom is 0.224 e. The van der Waals surface area contributed by atoms with E-state index < -0.39 is 0 Å². The van der Waals surface area contributed by atoms with Crippen molar-refractivity contribution in [2.75, 3.05) is 31.8 Å². The molecule has 2 N–H and O–H groups in total. The topological polar surface area (TPSA) is 73.5 Å². The number of methoxy groups -OCH3 is 1. The zero-order valence-electron chi connectivity index (χ0n) is 11.8. The van der Waals surface area contributed by atoms with Crippen molar-refractivity contribution in [1.82, 2.24) is 9.97 Å². The Morgan fingerprint density at radius 2 is 2.00 bits per heavy atom. The second kappa shape index (κ2) is 6.21. The van der Waals surface area contributed by atoms with Gasteiger partial charge in [0.25, 0.3) is 0 Å². The molecule has 0 aliphatic rings. The molecule has 0 atom stereocenters. The summed E-state index contributed by atoms with van der Waals surface area (Å²) in [7, 11) is 5.52. The standard InChI is InChI=1S/C14H18N4O2/c1-18(2)10-5-4-6-11(7-10)20-14-8-12(15)16-13(17-14)9-19-3/h4-8H,9H2,1-3H3,(H2,15,16,17). The van der Waals surface area contributed by atoms with Gasteiger partial charge in [0, 0.05) is 39.0 Å². The van der Waals surface area contributed by atoms with Crippen LogP contribution in [0.2, 0.25) is 0 Å². The molecule has 0 unspecified atom stereocenters. The molecule has 0 aliphatic heterocycles. The highest BCUT2D eigenvalue weighted by atomic mass is 16.5. The molecule has 1 aromatic carbocycles. The van der Waals surface area contributed by atoms with Gasteiger partial charge in [0.1, 0.15) is 18.2 Å². The summed E-state index contributed by atoms with van der Waals surface area (Å²) in [5.74, 6) is 1.94. The van der Waals surface area contributed by atoms with Gasteiger partial charge in [-0.1, -0.05) is 6.07 Å². The summed E-state index contributed by atoms with van der Waals surface area (Å²) in [6, 6.07) is 9.29. The molecule has 6 nitrogen and oxygen atoms in total. The summed E-state index contributed by atoms with van der Waals surface area (Å²) in [6.45, 7) is 0.291. The predicted molar refractivity (Wildman–Crippen MR) is 78.0 cm³/mol. The molecule has 106 valence electrons. The molecule has 0 spiro atoms. The number of hydrogen-bond acceptors (Lipinski definition) is 6. The maximum absolute atomic E-state index is 5.73. The van der Waals surface area contributed by atoms with Crippen molar-refractivity contribution in [2.45, 2.75) is 6.61 Å². The quantitative estimate of drug-likeness (QED) is 0.899. The molecule has 0 saturated carbocycles. The van der Waals surface area contributed by atoms with Crippen molar-refractivity contribution in [3.8, 4) is 11.6 Å². The van der Waals surface area contributed by atoms with Crippen LogP contribution in [-0.4, -0.2) is 31.2 Å². The van der Waals surface area contributed by atoms with Gasteiger partial charge in [-0.3, -0.25) is 0 Å². The Labute approximate surface area is 118 Å². The highest BCUT2D eigenvalue weighted by Gasteiger charge is 2.06. The normalized spacial score (nSPS) is 10.3. The van der Waals surface area contributed by atoms with Gasteiger partial charge in [-0.25, -0.2) is 4.98 Å². The molecule has 0 saturated heterocycles. The van der Waals surface area contributed by atoms with E-state index in [1.54, 1.807) is 13.2 Å². The second-order valence-corrected chi connectivity index (χ2v) is 4.47. The summed E-state index contributed by atoms with van der Waals surface area (Å²) >= 11 is 0. The van der Waals surface area contributed by atoms with Gasteiger partial charge in [0.15, 0.2) is 5.82 Å². The van der Waals surface area contributed by atoms with E-state index in [1.807, 2.05) is 43.3 Å². The van der Waals surface area contributed by atoms with Crippen LogP contribution in [0.25, 0.3) is 0 Å². The van der Waals surface area contributed by atoms with Crippen LogP contribution in [0.3, 0.4) is 0 Å². The van der Waals surface area contributed by atoms with Crippen molar-refractivity contribution >= 4 is 11.5 Å². The maximum atomic E-state index is 5.73. The van der Waals surface area contributed by atoms with E-state index in [1.165, 1.54) is 0 Å². The molecule has 0 fully saturated rings. The molecule has 6 heteroatoms. The molecular weight excluding hydrogens is 256 g/mol. The average molecular weight is 274 g/mol. The molecule has 20 heavy (non-hydrogen) atoms. The molecule has 1 heterocycles. The first kappa shape index (κ1) is 14.1. The minimum atomic E-state index is 0.291. The minimum Gasteiger partial charge on any atom is -0.439 e. The average Bonchev–Trinajstić information content (AvgIpc) is 2.38. The van der Waals surface area contributed by atoms with Crippen LogP contribution in [0.1, 0.15) is 5.82 Å². The van der Waals surface area contributed by atoms with Gasteiger partial charge in [-0.15, -0.1) is 0 Å². The van der Waals surface area contributed by atoms with Crippen LogP contribution in [0, 0.1) is 0 Å². The number of aromatic nitrogens is 2. The number of hydrogen-bond donors (Lipinski definition) is 1. The van der Waals surface area contributed by atoms with E-state index in [0.29, 0.717) is 29.9 Å². The van der Waals surface area contributed by atoms with Crippen LogP contribution in [-0.2, 0) is 11.3 Å². The van der Waals surface area contributed by atoms with E-state index in [9.17, 15) is 0 Å². The second-order valence-electron chi connectivity index (χ2n) is 4.47. The fourth-order valence-electron chi connectivity index (χ4n) is 1.68. The Bertz CT molecular complexity index is 587. The first-order chi connectivity index (χ1) is 9.58. The molecule has 2 aromatic rings. The van der Waals surface area contributed by atoms with Gasteiger partial charge in [0.05, 0.1) is 0 Å². The zero-order chi connectivity index (χ0) is 14.5. The molecule has 1 aromatic heterocycles. The van der Waals surface area contributed by atoms with Crippen LogP contribution in [0.15, 0.2) is 30.3 Å². The van der Waals surface area contributed by atoms with Gasteiger partial charge in [-0.05, 0) is 12.1 Å². The van der Waals surface area contributed by atoms with Crippen LogP contribution < -0.4 is 15.4 Å². The Kier molecular flexibility index (Phi) is 4.37.